The van der Waals surface area contributed by atoms with Crippen LogP contribution < -0.4 is 15.0 Å². The summed E-state index contributed by atoms with van der Waals surface area (Å²) in [4.78, 5) is 2.31. The van der Waals surface area contributed by atoms with Crippen LogP contribution in [0.25, 0.3) is 0 Å². The Morgan fingerprint density at radius 1 is 1.40 bits per heavy atom. The first kappa shape index (κ1) is 14.7. The lowest BCUT2D eigenvalue weighted by Gasteiger charge is -2.34. The highest BCUT2D eigenvalue weighted by atomic mass is 16.5. The first-order valence-corrected chi connectivity index (χ1v) is 7.32. The van der Waals surface area contributed by atoms with Crippen molar-refractivity contribution >= 4 is 5.69 Å². The van der Waals surface area contributed by atoms with E-state index in [0.29, 0.717) is 0 Å². The number of hydrogen-bond acceptors (Lipinski definition) is 4. The number of hydrogen-bond donors (Lipinski definition) is 1. The van der Waals surface area contributed by atoms with E-state index in [9.17, 15) is 5.26 Å². The molecule has 0 radical (unpaired) electrons. The zero-order valence-electron chi connectivity index (χ0n) is 12.4. The molecule has 1 aromatic carbocycles. The van der Waals surface area contributed by atoms with Crippen molar-refractivity contribution in [1.82, 2.24) is 5.32 Å². The molecule has 1 aliphatic rings. The second-order valence-electron chi connectivity index (χ2n) is 5.23. The van der Waals surface area contributed by atoms with Gasteiger partial charge in [0.2, 0.25) is 0 Å². The Morgan fingerprint density at radius 3 is 2.75 bits per heavy atom. The van der Waals surface area contributed by atoms with E-state index in [-0.39, 0.29) is 0 Å². The van der Waals surface area contributed by atoms with Crippen molar-refractivity contribution in [3.63, 3.8) is 0 Å². The van der Waals surface area contributed by atoms with Gasteiger partial charge in [0, 0.05) is 19.2 Å². The second-order valence-corrected chi connectivity index (χ2v) is 5.23. The molecule has 1 saturated heterocycles. The van der Waals surface area contributed by atoms with Crippen LogP contribution in [0.15, 0.2) is 18.2 Å². The molecule has 0 unspecified atom stereocenters. The smallest absolute Gasteiger partial charge is 0.121 e. The zero-order valence-corrected chi connectivity index (χ0v) is 12.4. The minimum absolute atomic E-state index is 0.732. The predicted molar refractivity (Wildman–Crippen MR) is 81.2 cm³/mol. The molecule has 1 N–H and O–H groups in total. The maximum Gasteiger partial charge on any atom is 0.121 e. The van der Waals surface area contributed by atoms with Gasteiger partial charge in [-0.3, -0.25) is 0 Å². The minimum Gasteiger partial charge on any atom is -0.497 e. The zero-order chi connectivity index (χ0) is 14.4. The van der Waals surface area contributed by atoms with Crippen LogP contribution in [-0.2, 0) is 0 Å². The quantitative estimate of drug-likeness (QED) is 0.895. The molecule has 20 heavy (non-hydrogen) atoms. The first-order chi connectivity index (χ1) is 9.78. The van der Waals surface area contributed by atoms with Crippen LogP contribution in [0.2, 0.25) is 0 Å². The lowest BCUT2D eigenvalue weighted by atomic mass is 9.96. The lowest BCUT2D eigenvalue weighted by Crippen LogP contribution is -2.37. The van der Waals surface area contributed by atoms with Gasteiger partial charge in [0.15, 0.2) is 0 Å². The van der Waals surface area contributed by atoms with Gasteiger partial charge in [-0.15, -0.1) is 0 Å². The van der Waals surface area contributed by atoms with E-state index < -0.39 is 0 Å². The fourth-order valence-electron chi connectivity index (χ4n) is 2.72. The van der Waals surface area contributed by atoms with Gasteiger partial charge >= 0.3 is 0 Å². The van der Waals surface area contributed by atoms with E-state index in [1.807, 2.05) is 18.2 Å². The molecule has 0 saturated carbocycles. The monoisotopic (exact) mass is 273 g/mol. The van der Waals surface area contributed by atoms with Crippen molar-refractivity contribution in [3.8, 4) is 11.8 Å². The third-order valence-corrected chi connectivity index (χ3v) is 3.96. The number of nitrogens with zero attached hydrogens (tertiary/aromatic N) is 2. The lowest BCUT2D eigenvalue weighted by molar-refractivity contribution is 0.385. The summed E-state index contributed by atoms with van der Waals surface area (Å²) in [5.74, 6) is 1.57. The standard InChI is InChI=1S/C16H23N3O/c1-3-18-12-13-6-8-19(9-7-13)16-10-15(20-2)5-4-14(16)11-17/h4-5,10,13,18H,3,6-9,12H2,1-2H3. The Hall–Kier alpha value is -1.73. The van der Waals surface area contributed by atoms with Gasteiger partial charge in [0.05, 0.1) is 18.4 Å². The van der Waals surface area contributed by atoms with Gasteiger partial charge in [-0.05, 0) is 44.0 Å². The van der Waals surface area contributed by atoms with Crippen molar-refractivity contribution in [2.45, 2.75) is 19.8 Å². The number of nitriles is 1. The Bertz CT molecular complexity index is 473. The molecule has 0 amide bonds. The summed E-state index contributed by atoms with van der Waals surface area (Å²) in [7, 11) is 1.66. The van der Waals surface area contributed by atoms with Crippen LogP contribution in [0.4, 0.5) is 5.69 Å². The molecule has 1 aromatic rings. The van der Waals surface area contributed by atoms with E-state index in [2.05, 4.69) is 23.2 Å². The molecular weight excluding hydrogens is 250 g/mol. The van der Waals surface area contributed by atoms with Crippen molar-refractivity contribution in [2.24, 2.45) is 5.92 Å². The molecule has 0 spiro atoms. The van der Waals surface area contributed by atoms with Gasteiger partial charge in [-0.25, -0.2) is 0 Å². The Kier molecular flexibility index (Phi) is 5.25. The van der Waals surface area contributed by atoms with Crippen LogP contribution in [0.5, 0.6) is 5.75 Å². The average Bonchev–Trinajstić information content (AvgIpc) is 2.52. The molecule has 0 atom stereocenters. The Balaban J connectivity index is 2.04. The minimum atomic E-state index is 0.732. The molecule has 4 heteroatoms. The predicted octanol–water partition coefficient (Wildman–Crippen LogP) is 2.39. The van der Waals surface area contributed by atoms with Crippen LogP contribution in [0, 0.1) is 17.2 Å². The van der Waals surface area contributed by atoms with Gasteiger partial charge < -0.3 is 15.0 Å². The number of rotatable bonds is 5. The maximum absolute atomic E-state index is 9.25. The summed E-state index contributed by atoms with van der Waals surface area (Å²) in [5.41, 5.74) is 1.74. The maximum atomic E-state index is 9.25. The van der Waals surface area contributed by atoms with Gasteiger partial charge in [0.25, 0.3) is 0 Å². The summed E-state index contributed by atoms with van der Waals surface area (Å²) in [6, 6.07) is 7.95. The molecule has 1 aliphatic heterocycles. The van der Waals surface area contributed by atoms with E-state index >= 15 is 0 Å². The molecule has 1 fully saturated rings. The Morgan fingerprint density at radius 2 is 2.15 bits per heavy atom. The molecule has 1 heterocycles. The summed E-state index contributed by atoms with van der Waals surface area (Å²) in [6.45, 7) is 6.31. The molecule has 0 bridgehead atoms. The topological polar surface area (TPSA) is 48.3 Å². The fraction of sp³-hybridized carbons (Fsp3) is 0.562. The molecule has 0 aromatic heterocycles. The highest BCUT2D eigenvalue weighted by molar-refractivity contribution is 5.62. The summed E-state index contributed by atoms with van der Waals surface area (Å²) < 4.78 is 5.27. The highest BCUT2D eigenvalue weighted by Gasteiger charge is 2.21. The molecule has 4 nitrogen and oxygen atoms in total. The summed E-state index contributed by atoms with van der Waals surface area (Å²) in [5, 5.41) is 12.7. The van der Waals surface area contributed by atoms with Crippen molar-refractivity contribution in [1.29, 1.82) is 5.26 Å². The fourth-order valence-corrected chi connectivity index (χ4v) is 2.72. The van der Waals surface area contributed by atoms with Gasteiger partial charge in [0.1, 0.15) is 11.8 Å². The molecule has 2 rings (SSSR count). The third-order valence-electron chi connectivity index (χ3n) is 3.96. The largest absolute Gasteiger partial charge is 0.497 e. The number of ether oxygens (including phenoxy) is 1. The van der Waals surface area contributed by atoms with Crippen molar-refractivity contribution < 1.29 is 4.74 Å². The summed E-state index contributed by atoms with van der Waals surface area (Å²) >= 11 is 0. The number of anilines is 1. The first-order valence-electron chi connectivity index (χ1n) is 7.32. The van der Waals surface area contributed by atoms with E-state index in [1.165, 1.54) is 12.8 Å². The SMILES string of the molecule is CCNCC1CCN(c2cc(OC)ccc2C#N)CC1. The summed E-state index contributed by atoms with van der Waals surface area (Å²) in [6.07, 6.45) is 2.35. The van der Waals surface area contributed by atoms with Crippen LogP contribution in [0.3, 0.4) is 0 Å². The van der Waals surface area contributed by atoms with Gasteiger partial charge in [-0.2, -0.15) is 5.26 Å². The van der Waals surface area contributed by atoms with Crippen molar-refractivity contribution in [3.05, 3.63) is 23.8 Å². The number of benzene rings is 1. The normalized spacial score (nSPS) is 15.9. The number of nitrogens with one attached hydrogen (secondary N) is 1. The average molecular weight is 273 g/mol. The third kappa shape index (κ3) is 3.43. The van der Waals surface area contributed by atoms with Crippen LogP contribution in [-0.4, -0.2) is 33.3 Å². The van der Waals surface area contributed by atoms with Crippen LogP contribution in [0.1, 0.15) is 25.3 Å². The second kappa shape index (κ2) is 7.16. The van der Waals surface area contributed by atoms with Crippen LogP contribution >= 0.6 is 0 Å². The molecular formula is C16H23N3O. The molecule has 108 valence electrons. The van der Waals surface area contributed by atoms with Gasteiger partial charge in [-0.1, -0.05) is 6.92 Å². The number of piperidine rings is 1. The number of methoxy groups -OCH3 is 1. The van der Waals surface area contributed by atoms with E-state index in [4.69, 9.17) is 4.74 Å². The van der Waals surface area contributed by atoms with E-state index in [1.54, 1.807) is 7.11 Å². The molecule has 0 aliphatic carbocycles. The Labute approximate surface area is 121 Å². The highest BCUT2D eigenvalue weighted by Crippen LogP contribution is 2.29. The van der Waals surface area contributed by atoms with E-state index in [0.717, 1.165) is 49.1 Å². The van der Waals surface area contributed by atoms with Crippen molar-refractivity contribution in [2.75, 3.05) is 38.2 Å².